The van der Waals surface area contributed by atoms with Crippen LogP contribution in [0.2, 0.25) is 0 Å². The molecule has 0 unspecified atom stereocenters. The van der Waals surface area contributed by atoms with E-state index in [0.29, 0.717) is 0 Å². The predicted molar refractivity (Wildman–Crippen MR) is 187 cm³/mol. The molecule has 0 aromatic heterocycles. The van der Waals surface area contributed by atoms with E-state index in [9.17, 15) is 0 Å². The first-order valence-electron chi connectivity index (χ1n) is 15.0. The Hall–Kier alpha value is -5.46. The van der Waals surface area contributed by atoms with Crippen LogP contribution < -0.4 is 0 Å². The van der Waals surface area contributed by atoms with Gasteiger partial charge >= 0.3 is 0 Å². The van der Waals surface area contributed by atoms with Crippen molar-refractivity contribution in [1.29, 1.82) is 0 Å². The summed E-state index contributed by atoms with van der Waals surface area (Å²) in [5.74, 6) is 0. The van der Waals surface area contributed by atoms with Crippen LogP contribution in [0.3, 0.4) is 0 Å². The van der Waals surface area contributed by atoms with Crippen LogP contribution in [-0.2, 0) is 0 Å². The Morgan fingerprint density at radius 1 is 0.302 bits per heavy atom. The maximum absolute atomic E-state index is 2.38. The first-order valence-corrected chi connectivity index (χ1v) is 15.0. The SMILES string of the molecule is Cc1ccc2c(-c3cccc4c3ccc3cc5ccccc5cc34)c3ccccc3c(-c3ccc4ccccc4c3)c2c1. The van der Waals surface area contributed by atoms with E-state index in [1.807, 2.05) is 0 Å². The molecule has 0 bridgehead atoms. The van der Waals surface area contributed by atoms with Gasteiger partial charge in [0.15, 0.2) is 0 Å². The quantitative estimate of drug-likeness (QED) is 0.150. The molecular formula is C43H28. The number of rotatable bonds is 2. The molecule has 0 saturated carbocycles. The maximum Gasteiger partial charge on any atom is -0.00201 e. The first kappa shape index (κ1) is 24.2. The molecule has 0 heterocycles. The Morgan fingerprint density at radius 3 is 1.72 bits per heavy atom. The molecule has 0 radical (unpaired) electrons. The second-order valence-corrected chi connectivity index (χ2v) is 11.8. The molecule has 0 saturated heterocycles. The highest BCUT2D eigenvalue weighted by Gasteiger charge is 2.19. The number of aryl methyl sites for hydroxylation is 1. The van der Waals surface area contributed by atoms with Gasteiger partial charge in [-0.2, -0.15) is 0 Å². The largest absolute Gasteiger partial charge is 0.0616 e. The highest BCUT2D eigenvalue weighted by atomic mass is 14.2. The minimum Gasteiger partial charge on any atom is -0.0616 e. The topological polar surface area (TPSA) is 0 Å². The molecule has 0 N–H and O–H groups in total. The molecule has 0 aliphatic rings. The molecule has 0 aliphatic heterocycles. The molecule has 0 aliphatic carbocycles. The van der Waals surface area contributed by atoms with Gasteiger partial charge in [0.05, 0.1) is 0 Å². The van der Waals surface area contributed by atoms with Gasteiger partial charge in [-0.3, -0.25) is 0 Å². The Kier molecular flexibility index (Phi) is 5.21. The van der Waals surface area contributed by atoms with E-state index < -0.39 is 0 Å². The minimum atomic E-state index is 1.26. The van der Waals surface area contributed by atoms with Crippen LogP contribution in [0.4, 0.5) is 0 Å². The van der Waals surface area contributed by atoms with Crippen LogP contribution in [-0.4, -0.2) is 0 Å². The van der Waals surface area contributed by atoms with Gasteiger partial charge in [-0.05, 0) is 112 Å². The number of hydrogen-bond donors (Lipinski definition) is 0. The lowest BCUT2D eigenvalue weighted by atomic mass is 9.83. The zero-order valence-electron chi connectivity index (χ0n) is 23.9. The third kappa shape index (κ3) is 3.70. The molecular weight excluding hydrogens is 516 g/mol. The van der Waals surface area contributed by atoms with Crippen molar-refractivity contribution in [3.05, 3.63) is 157 Å². The molecule has 0 spiro atoms. The van der Waals surface area contributed by atoms with Crippen LogP contribution >= 0.6 is 0 Å². The van der Waals surface area contributed by atoms with Gasteiger partial charge in [-0.15, -0.1) is 0 Å². The molecule has 0 fully saturated rings. The lowest BCUT2D eigenvalue weighted by molar-refractivity contribution is 1.51. The minimum absolute atomic E-state index is 1.26. The molecule has 9 aromatic carbocycles. The number of benzene rings is 9. The summed E-state index contributed by atoms with van der Waals surface area (Å²) in [7, 11) is 0. The van der Waals surface area contributed by atoms with Crippen LogP contribution in [0, 0.1) is 6.92 Å². The Bertz CT molecular complexity index is 2570. The van der Waals surface area contributed by atoms with Crippen molar-refractivity contribution in [3.63, 3.8) is 0 Å². The van der Waals surface area contributed by atoms with Crippen molar-refractivity contribution in [2.45, 2.75) is 6.92 Å². The smallest absolute Gasteiger partial charge is 0.00201 e. The fourth-order valence-electron chi connectivity index (χ4n) is 7.24. The van der Waals surface area contributed by atoms with Crippen molar-refractivity contribution < 1.29 is 0 Å². The fourth-order valence-corrected chi connectivity index (χ4v) is 7.24. The second-order valence-electron chi connectivity index (χ2n) is 11.8. The van der Waals surface area contributed by atoms with E-state index >= 15 is 0 Å². The van der Waals surface area contributed by atoms with Gasteiger partial charge in [-0.1, -0.05) is 139 Å². The van der Waals surface area contributed by atoms with E-state index in [4.69, 9.17) is 0 Å². The summed E-state index contributed by atoms with van der Waals surface area (Å²) in [5, 5.41) is 15.4. The molecule has 0 atom stereocenters. The summed E-state index contributed by atoms with van der Waals surface area (Å²) in [6.45, 7) is 2.20. The summed E-state index contributed by atoms with van der Waals surface area (Å²) in [6, 6.07) is 56.3. The summed E-state index contributed by atoms with van der Waals surface area (Å²) >= 11 is 0. The summed E-state index contributed by atoms with van der Waals surface area (Å²) < 4.78 is 0. The van der Waals surface area contributed by atoms with Gasteiger partial charge in [-0.25, -0.2) is 0 Å². The highest BCUT2D eigenvalue weighted by molar-refractivity contribution is 6.25. The normalized spacial score (nSPS) is 11.8. The van der Waals surface area contributed by atoms with Crippen molar-refractivity contribution in [2.75, 3.05) is 0 Å². The predicted octanol–water partition coefficient (Wildman–Crippen LogP) is 12.2. The highest BCUT2D eigenvalue weighted by Crippen LogP contribution is 2.46. The first-order chi connectivity index (χ1) is 21.2. The molecule has 0 heteroatoms. The number of fused-ring (bicyclic) bond motifs is 7. The van der Waals surface area contributed by atoms with Gasteiger partial charge in [0.1, 0.15) is 0 Å². The van der Waals surface area contributed by atoms with E-state index in [1.54, 1.807) is 0 Å². The average Bonchev–Trinajstić information content (AvgIpc) is 3.05. The Balaban J connectivity index is 1.41. The summed E-state index contributed by atoms with van der Waals surface area (Å²) in [5.41, 5.74) is 6.42. The molecule has 9 rings (SSSR count). The van der Waals surface area contributed by atoms with Crippen LogP contribution in [0.25, 0.3) is 86.9 Å². The van der Waals surface area contributed by atoms with Gasteiger partial charge in [0, 0.05) is 0 Å². The lowest BCUT2D eigenvalue weighted by Crippen LogP contribution is -1.92. The molecule has 200 valence electrons. The van der Waals surface area contributed by atoms with Gasteiger partial charge in [0.25, 0.3) is 0 Å². The molecule has 43 heavy (non-hydrogen) atoms. The maximum atomic E-state index is 2.38. The third-order valence-corrected chi connectivity index (χ3v) is 9.23. The third-order valence-electron chi connectivity index (χ3n) is 9.23. The van der Waals surface area contributed by atoms with E-state index in [2.05, 4.69) is 159 Å². The van der Waals surface area contributed by atoms with Crippen molar-refractivity contribution in [2.24, 2.45) is 0 Å². The van der Waals surface area contributed by atoms with Crippen LogP contribution in [0.1, 0.15) is 5.56 Å². The lowest BCUT2D eigenvalue weighted by Gasteiger charge is -2.20. The summed E-state index contributed by atoms with van der Waals surface area (Å²) in [4.78, 5) is 0. The molecule has 0 amide bonds. The van der Waals surface area contributed by atoms with Gasteiger partial charge in [0.2, 0.25) is 0 Å². The zero-order valence-corrected chi connectivity index (χ0v) is 23.9. The van der Waals surface area contributed by atoms with E-state index in [0.717, 1.165) is 0 Å². The molecule has 9 aromatic rings. The monoisotopic (exact) mass is 544 g/mol. The van der Waals surface area contributed by atoms with Crippen LogP contribution in [0.5, 0.6) is 0 Å². The standard InChI is InChI=1S/C43H28/c1-27-17-21-39-41(23-27)42(33-19-18-28-9-2-3-10-29(28)25-33)37-13-6-7-14-38(37)43(39)36-16-8-15-34-35(36)22-20-32-24-30-11-4-5-12-31(30)26-40(32)34/h2-26H,1H3. The number of hydrogen-bond acceptors (Lipinski definition) is 0. The van der Waals surface area contributed by atoms with Gasteiger partial charge < -0.3 is 0 Å². The van der Waals surface area contributed by atoms with Crippen molar-refractivity contribution >= 4 is 64.6 Å². The van der Waals surface area contributed by atoms with Crippen molar-refractivity contribution in [3.8, 4) is 22.3 Å². The van der Waals surface area contributed by atoms with Crippen LogP contribution in [0.15, 0.2) is 152 Å². The average molecular weight is 545 g/mol. The summed E-state index contributed by atoms with van der Waals surface area (Å²) in [6.07, 6.45) is 0. The van der Waals surface area contributed by atoms with Crippen molar-refractivity contribution in [1.82, 2.24) is 0 Å². The zero-order chi connectivity index (χ0) is 28.5. The van der Waals surface area contributed by atoms with E-state index in [-0.39, 0.29) is 0 Å². The second kappa shape index (κ2) is 9.28. The Labute approximate surface area is 250 Å². The van der Waals surface area contributed by atoms with E-state index in [1.165, 1.54) is 92.5 Å². The fraction of sp³-hybridized carbons (Fsp3) is 0.0233. The Morgan fingerprint density at radius 2 is 0.907 bits per heavy atom. The molecule has 0 nitrogen and oxygen atoms in total.